The topological polar surface area (TPSA) is 87.0 Å². The van der Waals surface area contributed by atoms with Crippen LogP contribution in [0.15, 0.2) is 0 Å². The van der Waals surface area contributed by atoms with Gasteiger partial charge in [0.25, 0.3) is 0 Å². The number of hydrogen-bond acceptors (Lipinski definition) is 5. The van der Waals surface area contributed by atoms with E-state index < -0.39 is 30.7 Å². The maximum Gasteiger partial charge on any atom is 0.189 e. The van der Waals surface area contributed by atoms with Gasteiger partial charge < -0.3 is 20.1 Å². The standard InChI is InChI=1S/C7H14O5/c1-4(9)6(11)7(12-2)5(10)3-8/h4,6-9,11H,3H2,1-2H3/t4-,6+,7-/m0/s1. The Balaban J connectivity index is 4.23. The van der Waals surface area contributed by atoms with Crippen LogP contribution < -0.4 is 0 Å². The van der Waals surface area contributed by atoms with Crippen LogP contribution in [0.2, 0.25) is 0 Å². The van der Waals surface area contributed by atoms with Crippen LogP contribution in [0.5, 0.6) is 0 Å². The summed E-state index contributed by atoms with van der Waals surface area (Å²) in [5, 5.41) is 26.5. The Morgan fingerprint density at radius 3 is 2.25 bits per heavy atom. The molecule has 12 heavy (non-hydrogen) atoms. The zero-order valence-electron chi connectivity index (χ0n) is 7.10. The van der Waals surface area contributed by atoms with Crippen molar-refractivity contribution < 1.29 is 24.9 Å². The summed E-state index contributed by atoms with van der Waals surface area (Å²) in [4.78, 5) is 10.8. The Bertz CT molecular complexity index is 145. The molecule has 0 aromatic heterocycles. The zero-order valence-corrected chi connectivity index (χ0v) is 7.10. The molecule has 0 aliphatic heterocycles. The summed E-state index contributed by atoms with van der Waals surface area (Å²) in [7, 11) is 1.23. The molecular formula is C7H14O5. The molecule has 3 N–H and O–H groups in total. The van der Waals surface area contributed by atoms with Crippen molar-refractivity contribution in [2.45, 2.75) is 25.2 Å². The minimum Gasteiger partial charge on any atom is -0.391 e. The molecule has 0 radical (unpaired) electrons. The van der Waals surface area contributed by atoms with Crippen LogP contribution in [-0.2, 0) is 9.53 Å². The van der Waals surface area contributed by atoms with Crippen LogP contribution in [0.25, 0.3) is 0 Å². The first-order valence-electron chi connectivity index (χ1n) is 3.57. The molecule has 0 aromatic carbocycles. The number of hydrogen-bond donors (Lipinski definition) is 3. The molecule has 0 saturated carbocycles. The fourth-order valence-corrected chi connectivity index (χ4v) is 0.804. The lowest BCUT2D eigenvalue weighted by atomic mass is 10.1. The molecule has 0 spiro atoms. The molecule has 3 atom stereocenters. The predicted octanol–water partition coefficient (Wildman–Crippen LogP) is -1.70. The van der Waals surface area contributed by atoms with Gasteiger partial charge in [0.15, 0.2) is 5.78 Å². The largest absolute Gasteiger partial charge is 0.391 e. The molecule has 0 rings (SSSR count). The van der Waals surface area contributed by atoms with Crippen molar-refractivity contribution >= 4 is 5.78 Å². The number of Topliss-reactive ketones (excluding diaryl/α,β-unsaturated/α-hetero) is 1. The molecule has 5 heteroatoms. The number of rotatable bonds is 5. The Kier molecular flexibility index (Phi) is 5.00. The summed E-state index contributed by atoms with van der Waals surface area (Å²) in [5.74, 6) is -0.647. The molecule has 0 saturated heterocycles. The van der Waals surface area contributed by atoms with Gasteiger partial charge in [-0.05, 0) is 6.92 Å². The summed E-state index contributed by atoms with van der Waals surface area (Å²) < 4.78 is 4.61. The molecule has 72 valence electrons. The van der Waals surface area contributed by atoms with Crippen molar-refractivity contribution in [3.8, 4) is 0 Å². The molecule has 0 fully saturated rings. The van der Waals surface area contributed by atoms with E-state index >= 15 is 0 Å². The summed E-state index contributed by atoms with van der Waals surface area (Å²) in [6, 6.07) is 0. The molecule has 0 amide bonds. The van der Waals surface area contributed by atoms with Gasteiger partial charge in [0, 0.05) is 7.11 Å². The lowest BCUT2D eigenvalue weighted by molar-refractivity contribution is -0.144. The smallest absolute Gasteiger partial charge is 0.189 e. The van der Waals surface area contributed by atoms with Gasteiger partial charge in [-0.25, -0.2) is 0 Å². The van der Waals surface area contributed by atoms with Crippen LogP contribution in [0.3, 0.4) is 0 Å². The average molecular weight is 178 g/mol. The van der Waals surface area contributed by atoms with E-state index in [1.165, 1.54) is 14.0 Å². The third-order valence-electron chi connectivity index (χ3n) is 1.53. The maximum atomic E-state index is 10.8. The fourth-order valence-electron chi connectivity index (χ4n) is 0.804. The Labute approximate surface area is 70.6 Å². The third-order valence-corrected chi connectivity index (χ3v) is 1.53. The highest BCUT2D eigenvalue weighted by atomic mass is 16.5. The molecule has 0 unspecified atom stereocenters. The quantitative estimate of drug-likeness (QED) is 0.467. The number of aliphatic hydroxyl groups is 3. The van der Waals surface area contributed by atoms with Gasteiger partial charge in [0.2, 0.25) is 0 Å². The van der Waals surface area contributed by atoms with Crippen molar-refractivity contribution in [2.75, 3.05) is 13.7 Å². The highest BCUT2D eigenvalue weighted by Gasteiger charge is 2.28. The van der Waals surface area contributed by atoms with E-state index in [2.05, 4.69) is 4.74 Å². The maximum absolute atomic E-state index is 10.8. The van der Waals surface area contributed by atoms with E-state index in [9.17, 15) is 9.90 Å². The van der Waals surface area contributed by atoms with Gasteiger partial charge in [-0.15, -0.1) is 0 Å². The van der Waals surface area contributed by atoms with E-state index in [0.717, 1.165) is 0 Å². The predicted molar refractivity (Wildman–Crippen MR) is 40.6 cm³/mol. The number of methoxy groups -OCH3 is 1. The minimum absolute atomic E-state index is 0.647. The lowest BCUT2D eigenvalue weighted by Crippen LogP contribution is -2.43. The highest BCUT2D eigenvalue weighted by molar-refractivity contribution is 5.84. The van der Waals surface area contributed by atoms with Crippen LogP contribution in [0.1, 0.15) is 6.92 Å². The summed E-state index contributed by atoms with van der Waals surface area (Å²) >= 11 is 0. The molecule has 5 nitrogen and oxygen atoms in total. The second kappa shape index (κ2) is 5.21. The average Bonchev–Trinajstić information content (AvgIpc) is 2.05. The highest BCUT2D eigenvalue weighted by Crippen LogP contribution is 2.04. The first-order chi connectivity index (χ1) is 5.54. The fraction of sp³-hybridized carbons (Fsp3) is 0.857. The summed E-state index contributed by atoms with van der Waals surface area (Å²) in [6.45, 7) is 0.629. The number of carbonyl (C=O) groups is 1. The molecule has 0 aromatic rings. The Morgan fingerprint density at radius 1 is 1.50 bits per heavy atom. The van der Waals surface area contributed by atoms with Gasteiger partial charge >= 0.3 is 0 Å². The van der Waals surface area contributed by atoms with E-state index in [1.54, 1.807) is 0 Å². The number of carbonyl (C=O) groups excluding carboxylic acids is 1. The lowest BCUT2D eigenvalue weighted by Gasteiger charge is -2.21. The Morgan fingerprint density at radius 2 is 2.00 bits per heavy atom. The van der Waals surface area contributed by atoms with Crippen molar-refractivity contribution in [1.82, 2.24) is 0 Å². The van der Waals surface area contributed by atoms with Gasteiger partial charge in [0.05, 0.1) is 6.10 Å². The first kappa shape index (κ1) is 11.5. The molecule has 0 heterocycles. The van der Waals surface area contributed by atoms with Crippen molar-refractivity contribution in [1.29, 1.82) is 0 Å². The van der Waals surface area contributed by atoms with Gasteiger partial charge in [-0.1, -0.05) is 0 Å². The minimum atomic E-state index is -1.30. The monoisotopic (exact) mass is 178 g/mol. The molecule has 0 bridgehead atoms. The third kappa shape index (κ3) is 2.86. The van der Waals surface area contributed by atoms with E-state index in [4.69, 9.17) is 10.2 Å². The second-order valence-electron chi connectivity index (χ2n) is 2.51. The first-order valence-corrected chi connectivity index (χ1v) is 3.57. The zero-order chi connectivity index (χ0) is 9.72. The van der Waals surface area contributed by atoms with E-state index in [1.807, 2.05) is 0 Å². The van der Waals surface area contributed by atoms with Crippen LogP contribution >= 0.6 is 0 Å². The second-order valence-corrected chi connectivity index (χ2v) is 2.51. The number of ether oxygens (including phenoxy) is 1. The van der Waals surface area contributed by atoms with E-state index in [0.29, 0.717) is 0 Å². The van der Waals surface area contributed by atoms with Gasteiger partial charge in [0.1, 0.15) is 18.8 Å². The van der Waals surface area contributed by atoms with Crippen LogP contribution in [0, 0.1) is 0 Å². The van der Waals surface area contributed by atoms with E-state index in [-0.39, 0.29) is 0 Å². The van der Waals surface area contributed by atoms with Crippen molar-refractivity contribution in [3.63, 3.8) is 0 Å². The van der Waals surface area contributed by atoms with Crippen LogP contribution in [-0.4, -0.2) is 53.1 Å². The van der Waals surface area contributed by atoms with Gasteiger partial charge in [-0.2, -0.15) is 0 Å². The normalized spacial score (nSPS) is 18.4. The molecular weight excluding hydrogens is 164 g/mol. The van der Waals surface area contributed by atoms with Crippen molar-refractivity contribution in [3.05, 3.63) is 0 Å². The number of aliphatic hydroxyl groups excluding tert-OH is 3. The SMILES string of the molecule is CO[C@@H](C(=O)CO)[C@H](O)[C@H](C)O. The number of ketones is 1. The van der Waals surface area contributed by atoms with Crippen LogP contribution in [0.4, 0.5) is 0 Å². The Hall–Kier alpha value is -0.490. The summed E-state index contributed by atoms with van der Waals surface area (Å²) in [5.41, 5.74) is 0. The molecule has 0 aliphatic rings. The summed E-state index contributed by atoms with van der Waals surface area (Å²) in [6.07, 6.45) is -3.52. The van der Waals surface area contributed by atoms with Gasteiger partial charge in [-0.3, -0.25) is 4.79 Å². The molecule has 0 aliphatic carbocycles. The van der Waals surface area contributed by atoms with Crippen molar-refractivity contribution in [2.24, 2.45) is 0 Å².